The number of carbonyl (C=O) groups excluding carboxylic acids is 1. The molecule has 3 atom stereocenters. The van der Waals surface area contributed by atoms with E-state index in [1.807, 2.05) is 25.1 Å². The lowest BCUT2D eigenvalue weighted by Crippen LogP contribution is -2.44. The molecule has 3 rings (SSSR count). The van der Waals surface area contributed by atoms with E-state index in [1.54, 1.807) is 18.3 Å². The van der Waals surface area contributed by atoms with Crippen molar-refractivity contribution in [3.05, 3.63) is 65.7 Å². The predicted octanol–water partition coefficient (Wildman–Crippen LogP) is 2.01. The van der Waals surface area contributed by atoms with Crippen LogP contribution in [0.4, 0.5) is 4.39 Å². The van der Waals surface area contributed by atoms with Crippen molar-refractivity contribution >= 4 is 5.91 Å². The van der Waals surface area contributed by atoms with E-state index >= 15 is 0 Å². The standard InChI is InChI=1S/C17H19FN4O/c1-11(14-4-2-3-9-19-14)20-17(23)16-10-15(21-22-16)12-5-7-13(18)8-6-12/h2-9,11,15-16,21-22H,10H2,1H3,(H,20,23). The summed E-state index contributed by atoms with van der Waals surface area (Å²) >= 11 is 0. The van der Waals surface area contributed by atoms with Crippen LogP contribution in [-0.2, 0) is 4.79 Å². The number of pyridine rings is 1. The van der Waals surface area contributed by atoms with Gasteiger partial charge in [0.25, 0.3) is 0 Å². The molecular weight excluding hydrogens is 295 g/mol. The van der Waals surface area contributed by atoms with Gasteiger partial charge in [0.15, 0.2) is 0 Å². The Morgan fingerprint density at radius 1 is 1.26 bits per heavy atom. The number of hydrazine groups is 1. The van der Waals surface area contributed by atoms with Crippen molar-refractivity contribution in [1.82, 2.24) is 21.2 Å². The summed E-state index contributed by atoms with van der Waals surface area (Å²) in [4.78, 5) is 16.6. The highest BCUT2D eigenvalue weighted by Gasteiger charge is 2.30. The van der Waals surface area contributed by atoms with Gasteiger partial charge in [-0.05, 0) is 43.2 Å². The first-order valence-corrected chi connectivity index (χ1v) is 7.61. The molecule has 3 N–H and O–H groups in total. The monoisotopic (exact) mass is 314 g/mol. The van der Waals surface area contributed by atoms with Crippen molar-refractivity contribution in [3.8, 4) is 0 Å². The number of halogens is 1. The summed E-state index contributed by atoms with van der Waals surface area (Å²) in [7, 11) is 0. The molecule has 2 aromatic rings. The molecule has 1 amide bonds. The van der Waals surface area contributed by atoms with Crippen LogP contribution in [0.15, 0.2) is 48.7 Å². The van der Waals surface area contributed by atoms with Crippen LogP contribution in [0.3, 0.4) is 0 Å². The van der Waals surface area contributed by atoms with Gasteiger partial charge < -0.3 is 5.32 Å². The van der Waals surface area contributed by atoms with E-state index in [0.717, 1.165) is 11.3 Å². The number of nitrogens with zero attached hydrogens (tertiary/aromatic N) is 1. The molecule has 1 fully saturated rings. The van der Waals surface area contributed by atoms with Crippen molar-refractivity contribution in [3.63, 3.8) is 0 Å². The van der Waals surface area contributed by atoms with E-state index < -0.39 is 0 Å². The molecule has 0 aliphatic carbocycles. The minimum absolute atomic E-state index is 0.0171. The molecule has 2 heterocycles. The fourth-order valence-corrected chi connectivity index (χ4v) is 2.66. The maximum absolute atomic E-state index is 13.0. The van der Waals surface area contributed by atoms with Crippen LogP contribution in [0.5, 0.6) is 0 Å². The normalized spacial score (nSPS) is 21.8. The maximum atomic E-state index is 13.0. The first-order valence-electron chi connectivity index (χ1n) is 7.61. The number of hydrogen-bond donors (Lipinski definition) is 3. The molecular formula is C17H19FN4O. The largest absolute Gasteiger partial charge is 0.347 e. The van der Waals surface area contributed by atoms with E-state index in [4.69, 9.17) is 0 Å². The lowest BCUT2D eigenvalue weighted by molar-refractivity contribution is -0.123. The summed E-state index contributed by atoms with van der Waals surface area (Å²) in [5.74, 6) is -0.349. The summed E-state index contributed by atoms with van der Waals surface area (Å²) in [5, 5.41) is 2.96. The zero-order valence-electron chi connectivity index (χ0n) is 12.8. The lowest BCUT2D eigenvalue weighted by Gasteiger charge is -2.16. The molecule has 0 saturated carbocycles. The number of rotatable bonds is 4. The Morgan fingerprint density at radius 2 is 2.04 bits per heavy atom. The summed E-state index contributed by atoms with van der Waals surface area (Å²) in [5.41, 5.74) is 7.86. The molecule has 120 valence electrons. The van der Waals surface area contributed by atoms with E-state index in [1.165, 1.54) is 12.1 Å². The van der Waals surface area contributed by atoms with Crippen molar-refractivity contribution in [2.75, 3.05) is 0 Å². The molecule has 1 aromatic heterocycles. The fourth-order valence-electron chi connectivity index (χ4n) is 2.66. The molecule has 23 heavy (non-hydrogen) atoms. The number of hydrogen-bond acceptors (Lipinski definition) is 4. The van der Waals surface area contributed by atoms with Crippen LogP contribution in [0, 0.1) is 5.82 Å². The third-order valence-corrected chi connectivity index (χ3v) is 3.98. The smallest absolute Gasteiger partial charge is 0.239 e. The minimum Gasteiger partial charge on any atom is -0.347 e. The van der Waals surface area contributed by atoms with Gasteiger partial charge in [0.05, 0.1) is 11.7 Å². The Bertz CT molecular complexity index is 662. The van der Waals surface area contributed by atoms with Gasteiger partial charge in [-0.2, -0.15) is 0 Å². The third kappa shape index (κ3) is 3.72. The summed E-state index contributed by atoms with van der Waals surface area (Å²) in [6.45, 7) is 1.90. The lowest BCUT2D eigenvalue weighted by atomic mass is 10.0. The van der Waals surface area contributed by atoms with Gasteiger partial charge in [-0.1, -0.05) is 18.2 Å². The number of carbonyl (C=O) groups is 1. The molecule has 1 aliphatic heterocycles. The van der Waals surface area contributed by atoms with Crippen LogP contribution < -0.4 is 16.2 Å². The summed E-state index contributed by atoms with van der Waals surface area (Å²) in [6.07, 6.45) is 2.31. The number of aromatic nitrogens is 1. The number of nitrogens with one attached hydrogen (secondary N) is 3. The van der Waals surface area contributed by atoms with Crippen LogP contribution >= 0.6 is 0 Å². The Balaban J connectivity index is 1.58. The highest BCUT2D eigenvalue weighted by Crippen LogP contribution is 2.23. The molecule has 6 heteroatoms. The molecule has 5 nitrogen and oxygen atoms in total. The van der Waals surface area contributed by atoms with Gasteiger partial charge in [-0.15, -0.1) is 0 Å². The molecule has 0 bridgehead atoms. The zero-order chi connectivity index (χ0) is 16.2. The molecule has 0 radical (unpaired) electrons. The van der Waals surface area contributed by atoms with Gasteiger partial charge >= 0.3 is 0 Å². The first-order chi connectivity index (χ1) is 11.1. The summed E-state index contributed by atoms with van der Waals surface area (Å²) < 4.78 is 13.0. The Hall–Kier alpha value is -2.31. The third-order valence-electron chi connectivity index (χ3n) is 3.98. The van der Waals surface area contributed by atoms with Gasteiger partial charge in [0.1, 0.15) is 11.9 Å². The van der Waals surface area contributed by atoms with Gasteiger partial charge in [0.2, 0.25) is 5.91 Å². The molecule has 0 spiro atoms. The van der Waals surface area contributed by atoms with Crippen molar-refractivity contribution in [2.45, 2.75) is 31.5 Å². The van der Waals surface area contributed by atoms with Crippen molar-refractivity contribution < 1.29 is 9.18 Å². The highest BCUT2D eigenvalue weighted by molar-refractivity contribution is 5.82. The molecule has 3 unspecified atom stereocenters. The minimum atomic E-state index is -0.337. The maximum Gasteiger partial charge on any atom is 0.239 e. The van der Waals surface area contributed by atoms with Gasteiger partial charge in [-0.25, -0.2) is 15.2 Å². The second kappa shape index (κ2) is 6.85. The van der Waals surface area contributed by atoms with Crippen LogP contribution in [0.1, 0.15) is 36.7 Å². The van der Waals surface area contributed by atoms with E-state index in [9.17, 15) is 9.18 Å². The Kier molecular flexibility index (Phi) is 4.64. The molecule has 1 aromatic carbocycles. The van der Waals surface area contributed by atoms with Crippen LogP contribution in [-0.4, -0.2) is 16.9 Å². The van der Waals surface area contributed by atoms with Gasteiger partial charge in [-0.3, -0.25) is 9.78 Å². The number of amides is 1. The predicted molar refractivity (Wildman–Crippen MR) is 84.6 cm³/mol. The van der Waals surface area contributed by atoms with Crippen molar-refractivity contribution in [2.24, 2.45) is 0 Å². The second-order valence-electron chi connectivity index (χ2n) is 5.67. The van der Waals surface area contributed by atoms with E-state index in [0.29, 0.717) is 6.42 Å². The van der Waals surface area contributed by atoms with E-state index in [2.05, 4.69) is 21.2 Å². The fraction of sp³-hybridized carbons (Fsp3) is 0.294. The van der Waals surface area contributed by atoms with E-state index in [-0.39, 0.29) is 29.8 Å². The average molecular weight is 314 g/mol. The van der Waals surface area contributed by atoms with Crippen LogP contribution in [0.25, 0.3) is 0 Å². The van der Waals surface area contributed by atoms with Crippen molar-refractivity contribution in [1.29, 1.82) is 0 Å². The zero-order valence-corrected chi connectivity index (χ0v) is 12.8. The average Bonchev–Trinajstić information content (AvgIpc) is 3.06. The quantitative estimate of drug-likeness (QED) is 0.808. The van der Waals surface area contributed by atoms with Gasteiger partial charge in [0, 0.05) is 12.2 Å². The Morgan fingerprint density at radius 3 is 2.74 bits per heavy atom. The van der Waals surface area contributed by atoms with Crippen LogP contribution in [0.2, 0.25) is 0 Å². The molecule has 1 aliphatic rings. The second-order valence-corrected chi connectivity index (χ2v) is 5.67. The topological polar surface area (TPSA) is 66.1 Å². The summed E-state index contributed by atoms with van der Waals surface area (Å²) in [6, 6.07) is 11.4. The highest BCUT2D eigenvalue weighted by atomic mass is 19.1. The molecule has 1 saturated heterocycles. The Labute approximate surface area is 134 Å². The first kappa shape index (κ1) is 15.6. The number of benzene rings is 1. The SMILES string of the molecule is CC(NC(=O)C1CC(c2ccc(F)cc2)NN1)c1ccccn1.